The summed E-state index contributed by atoms with van der Waals surface area (Å²) in [5.74, 6) is 0. The van der Waals surface area contributed by atoms with Crippen LogP contribution >= 0.6 is 0 Å². The van der Waals surface area contributed by atoms with Crippen LogP contribution in [0.5, 0.6) is 0 Å². The first-order valence-corrected chi connectivity index (χ1v) is 3.71. The topological polar surface area (TPSA) is 21.3 Å². The Morgan fingerprint density at radius 2 is 2.18 bits per heavy atom. The summed E-state index contributed by atoms with van der Waals surface area (Å²) in [4.78, 5) is 0. The van der Waals surface area contributed by atoms with Gasteiger partial charge in [-0.2, -0.15) is 0 Å². The lowest BCUT2D eigenvalue weighted by Crippen LogP contribution is -2.16. The molecule has 55 valence electrons. The second-order valence-corrected chi connectivity index (χ2v) is 2.58. The lowest BCUT2D eigenvalue weighted by atomic mass is 10.1. The predicted octanol–water partition coefficient (Wildman–Crippen LogP) is 0.882. The van der Waals surface area contributed by atoms with Crippen LogP contribution in [-0.4, -0.2) is 14.2 Å². The van der Waals surface area contributed by atoms with Crippen molar-refractivity contribution in [2.75, 3.05) is 6.61 Å². The van der Waals surface area contributed by atoms with Gasteiger partial charge in [0.1, 0.15) is 0 Å². The van der Waals surface area contributed by atoms with Gasteiger partial charge in [-0.3, -0.25) is 0 Å². The Balaban J connectivity index is 2.16. The third-order valence-electron chi connectivity index (χ3n) is 1.82. The Kier molecular flexibility index (Phi) is 1.92. The van der Waals surface area contributed by atoms with E-state index in [1.807, 2.05) is 18.2 Å². The van der Waals surface area contributed by atoms with Gasteiger partial charge in [0.25, 0.3) is 0 Å². The Morgan fingerprint density at radius 1 is 1.36 bits per heavy atom. The summed E-state index contributed by atoms with van der Waals surface area (Å²) in [6.07, 6.45) is 0. The van der Waals surface area contributed by atoms with Gasteiger partial charge in [-0.05, 0) is 5.56 Å². The molecular formula is C8H9BNO. The van der Waals surface area contributed by atoms with E-state index < -0.39 is 0 Å². The van der Waals surface area contributed by atoms with Crippen molar-refractivity contribution >= 4 is 7.62 Å². The van der Waals surface area contributed by atoms with E-state index in [1.165, 1.54) is 5.56 Å². The number of hydrogen-bond acceptors (Lipinski definition) is 2. The Hall–Kier alpha value is -0.795. The average molecular weight is 146 g/mol. The van der Waals surface area contributed by atoms with Gasteiger partial charge in [-0.25, -0.2) is 0 Å². The standard InChI is InChI=1S/C8H9BNO/c1-2-4-7(5-3-1)8-6-11-9-10-8/h1-5,8,10H,6H2/t8-/m1/s1. The smallest absolute Gasteiger partial charge is 0.396 e. The van der Waals surface area contributed by atoms with Crippen molar-refractivity contribution < 1.29 is 4.65 Å². The zero-order valence-corrected chi connectivity index (χ0v) is 6.16. The predicted molar refractivity (Wildman–Crippen MR) is 44.0 cm³/mol. The van der Waals surface area contributed by atoms with E-state index in [4.69, 9.17) is 4.65 Å². The summed E-state index contributed by atoms with van der Waals surface area (Å²) in [6, 6.07) is 10.6. The fourth-order valence-electron chi connectivity index (χ4n) is 1.20. The van der Waals surface area contributed by atoms with E-state index >= 15 is 0 Å². The molecule has 0 saturated carbocycles. The maximum absolute atomic E-state index is 5.08. The van der Waals surface area contributed by atoms with Crippen LogP contribution in [-0.2, 0) is 4.65 Å². The van der Waals surface area contributed by atoms with Crippen LogP contribution in [0.2, 0.25) is 0 Å². The summed E-state index contributed by atoms with van der Waals surface area (Å²) < 4.78 is 5.08. The maximum Gasteiger partial charge on any atom is 0.396 e. The molecule has 0 bridgehead atoms. The second kappa shape index (κ2) is 3.07. The summed E-state index contributed by atoms with van der Waals surface area (Å²) in [6.45, 7) is 0.740. The molecule has 0 aromatic heterocycles. The van der Waals surface area contributed by atoms with Crippen molar-refractivity contribution in [1.82, 2.24) is 5.23 Å². The molecule has 1 aliphatic rings. The Morgan fingerprint density at radius 3 is 2.82 bits per heavy atom. The molecule has 1 atom stereocenters. The molecular weight excluding hydrogens is 137 g/mol. The van der Waals surface area contributed by atoms with Gasteiger partial charge in [0.2, 0.25) is 0 Å². The summed E-state index contributed by atoms with van der Waals surface area (Å²) in [5.41, 5.74) is 1.28. The zero-order chi connectivity index (χ0) is 7.52. The van der Waals surface area contributed by atoms with Gasteiger partial charge in [0.05, 0.1) is 0 Å². The first-order chi connectivity index (χ1) is 5.47. The Labute approximate surface area is 66.9 Å². The largest absolute Gasteiger partial charge is 0.422 e. The highest BCUT2D eigenvalue weighted by atomic mass is 16.4. The number of benzene rings is 1. The Bertz CT molecular complexity index is 221. The van der Waals surface area contributed by atoms with Crippen molar-refractivity contribution in [2.45, 2.75) is 6.04 Å². The molecule has 11 heavy (non-hydrogen) atoms. The normalized spacial score (nSPS) is 23.1. The van der Waals surface area contributed by atoms with Gasteiger partial charge in [0.15, 0.2) is 0 Å². The quantitative estimate of drug-likeness (QED) is 0.593. The van der Waals surface area contributed by atoms with Crippen molar-refractivity contribution in [3.63, 3.8) is 0 Å². The molecule has 1 aliphatic heterocycles. The molecule has 0 spiro atoms. The van der Waals surface area contributed by atoms with Crippen molar-refractivity contribution in [3.05, 3.63) is 35.9 Å². The van der Waals surface area contributed by atoms with Crippen LogP contribution in [0.3, 0.4) is 0 Å². The molecule has 0 unspecified atom stereocenters. The van der Waals surface area contributed by atoms with Crippen LogP contribution in [0.1, 0.15) is 11.6 Å². The molecule has 1 radical (unpaired) electrons. The van der Waals surface area contributed by atoms with E-state index in [-0.39, 0.29) is 0 Å². The van der Waals surface area contributed by atoms with E-state index in [9.17, 15) is 0 Å². The fourth-order valence-corrected chi connectivity index (χ4v) is 1.20. The minimum absolute atomic E-state index is 0.344. The fraction of sp³-hybridized carbons (Fsp3) is 0.250. The molecule has 3 heteroatoms. The molecule has 1 aromatic carbocycles. The third-order valence-corrected chi connectivity index (χ3v) is 1.82. The summed E-state index contributed by atoms with van der Waals surface area (Å²) >= 11 is 0. The van der Waals surface area contributed by atoms with Crippen molar-refractivity contribution in [3.8, 4) is 0 Å². The maximum atomic E-state index is 5.08. The van der Waals surface area contributed by atoms with Crippen molar-refractivity contribution in [2.24, 2.45) is 0 Å². The van der Waals surface area contributed by atoms with E-state index in [0.29, 0.717) is 6.04 Å². The molecule has 2 nitrogen and oxygen atoms in total. The molecule has 1 N–H and O–H groups in total. The molecule has 1 fully saturated rings. The monoisotopic (exact) mass is 146 g/mol. The zero-order valence-electron chi connectivity index (χ0n) is 6.16. The third kappa shape index (κ3) is 1.44. The van der Waals surface area contributed by atoms with Crippen molar-refractivity contribution in [1.29, 1.82) is 0 Å². The first kappa shape index (κ1) is 6.89. The summed E-state index contributed by atoms with van der Waals surface area (Å²) in [7, 11) is 1.65. The van der Waals surface area contributed by atoms with Crippen LogP contribution in [0.4, 0.5) is 0 Å². The van der Waals surface area contributed by atoms with Gasteiger partial charge in [-0.15, -0.1) is 0 Å². The van der Waals surface area contributed by atoms with Gasteiger partial charge < -0.3 is 9.88 Å². The van der Waals surface area contributed by atoms with Gasteiger partial charge >= 0.3 is 7.62 Å². The lowest BCUT2D eigenvalue weighted by molar-refractivity contribution is 0.352. The molecule has 0 aliphatic carbocycles. The lowest BCUT2D eigenvalue weighted by Gasteiger charge is -2.07. The van der Waals surface area contributed by atoms with Crippen LogP contribution in [0.15, 0.2) is 30.3 Å². The summed E-state index contributed by atoms with van der Waals surface area (Å²) in [5, 5.41) is 3.13. The molecule has 0 amide bonds. The van der Waals surface area contributed by atoms with Crippen LogP contribution in [0.25, 0.3) is 0 Å². The van der Waals surface area contributed by atoms with E-state index in [0.717, 1.165) is 6.61 Å². The van der Waals surface area contributed by atoms with Crippen LogP contribution in [0, 0.1) is 0 Å². The van der Waals surface area contributed by atoms with E-state index in [2.05, 4.69) is 17.4 Å². The van der Waals surface area contributed by atoms with Gasteiger partial charge in [-0.1, -0.05) is 30.3 Å². The molecule has 1 heterocycles. The highest BCUT2D eigenvalue weighted by Gasteiger charge is 2.17. The number of nitrogens with one attached hydrogen (secondary N) is 1. The highest BCUT2D eigenvalue weighted by Crippen LogP contribution is 2.14. The minimum Gasteiger partial charge on any atom is -0.422 e. The number of hydrogen-bond donors (Lipinski definition) is 1. The SMILES string of the molecule is [B]1N[C@@H](c2ccccc2)CO1. The second-order valence-electron chi connectivity index (χ2n) is 2.58. The van der Waals surface area contributed by atoms with Gasteiger partial charge in [0, 0.05) is 12.6 Å². The number of rotatable bonds is 1. The minimum atomic E-state index is 0.344. The highest BCUT2D eigenvalue weighted by molar-refractivity contribution is 6.24. The molecule has 2 rings (SSSR count). The molecule has 1 aromatic rings. The average Bonchev–Trinajstić information content (AvgIpc) is 2.58. The molecule has 1 saturated heterocycles. The first-order valence-electron chi connectivity index (χ1n) is 3.71. The van der Waals surface area contributed by atoms with E-state index in [1.54, 1.807) is 7.62 Å². The van der Waals surface area contributed by atoms with Crippen LogP contribution < -0.4 is 5.23 Å².